The molecule has 0 bridgehead atoms. The van der Waals surface area contributed by atoms with Gasteiger partial charge in [-0.2, -0.15) is 5.10 Å². The maximum Gasteiger partial charge on any atom is 0.407 e. The van der Waals surface area contributed by atoms with Crippen LogP contribution in [0.4, 0.5) is 4.79 Å². The Morgan fingerprint density at radius 1 is 1.34 bits per heavy atom. The zero-order chi connectivity index (χ0) is 20.7. The number of amides is 1. The summed E-state index contributed by atoms with van der Waals surface area (Å²) < 4.78 is 7.42. The quantitative estimate of drug-likeness (QED) is 0.663. The van der Waals surface area contributed by atoms with Gasteiger partial charge < -0.3 is 14.7 Å². The summed E-state index contributed by atoms with van der Waals surface area (Å²) in [5.41, 5.74) is 3.58. The van der Waals surface area contributed by atoms with Gasteiger partial charge in [0.1, 0.15) is 10.8 Å². The van der Waals surface area contributed by atoms with Crippen molar-refractivity contribution < 1.29 is 14.6 Å². The first-order valence-corrected chi connectivity index (χ1v) is 10.4. The third kappa shape index (κ3) is 3.79. The molecule has 8 nitrogen and oxygen atoms in total. The summed E-state index contributed by atoms with van der Waals surface area (Å²) >= 11 is 7.74. The van der Waals surface area contributed by atoms with Crippen molar-refractivity contribution in [1.82, 2.24) is 24.9 Å². The van der Waals surface area contributed by atoms with Crippen LogP contribution in [0.5, 0.6) is 5.75 Å². The first-order chi connectivity index (χ1) is 13.8. The van der Waals surface area contributed by atoms with Gasteiger partial charge in [-0.05, 0) is 39.0 Å². The summed E-state index contributed by atoms with van der Waals surface area (Å²) in [6, 6.07) is 5.55. The zero-order valence-electron chi connectivity index (χ0n) is 16.2. The highest BCUT2D eigenvalue weighted by atomic mass is 35.5. The molecule has 4 rings (SSSR count). The van der Waals surface area contributed by atoms with Gasteiger partial charge >= 0.3 is 6.09 Å². The van der Waals surface area contributed by atoms with Crippen LogP contribution in [0.3, 0.4) is 0 Å². The normalized spacial score (nSPS) is 13.6. The van der Waals surface area contributed by atoms with E-state index in [0.29, 0.717) is 35.4 Å². The first-order valence-electron chi connectivity index (χ1n) is 9.19. The molecule has 2 aromatic heterocycles. The SMILES string of the molecule is Cc1c2c(nn1-c1nnc(-c3ccc(OC(C)C)c(Cl)c3)s1)CCN(C(=O)O)C2. The maximum atomic E-state index is 11.3. The van der Waals surface area contributed by atoms with Crippen LogP contribution >= 0.6 is 22.9 Å². The molecule has 3 aromatic rings. The third-order valence-electron chi connectivity index (χ3n) is 4.70. The van der Waals surface area contributed by atoms with E-state index in [1.807, 2.05) is 39.0 Å². The Morgan fingerprint density at radius 2 is 2.14 bits per heavy atom. The van der Waals surface area contributed by atoms with Crippen LogP contribution in [0, 0.1) is 6.92 Å². The molecule has 0 fully saturated rings. The zero-order valence-corrected chi connectivity index (χ0v) is 17.8. The number of carbonyl (C=O) groups is 1. The summed E-state index contributed by atoms with van der Waals surface area (Å²) in [5, 5.41) is 24.3. The Labute approximate surface area is 176 Å². The summed E-state index contributed by atoms with van der Waals surface area (Å²) in [7, 11) is 0. The van der Waals surface area contributed by atoms with Crippen LogP contribution in [0.25, 0.3) is 15.7 Å². The molecule has 3 heterocycles. The van der Waals surface area contributed by atoms with E-state index >= 15 is 0 Å². The van der Waals surface area contributed by atoms with Crippen molar-refractivity contribution in [3.05, 3.63) is 40.2 Å². The lowest BCUT2D eigenvalue weighted by atomic mass is 10.1. The Balaban J connectivity index is 1.62. The van der Waals surface area contributed by atoms with Crippen LogP contribution < -0.4 is 4.74 Å². The van der Waals surface area contributed by atoms with Crippen molar-refractivity contribution in [2.75, 3.05) is 6.54 Å². The molecule has 29 heavy (non-hydrogen) atoms. The van der Waals surface area contributed by atoms with E-state index in [4.69, 9.17) is 16.3 Å². The molecule has 1 amide bonds. The van der Waals surface area contributed by atoms with Gasteiger partial charge in [0.25, 0.3) is 0 Å². The van der Waals surface area contributed by atoms with Crippen molar-refractivity contribution in [3.63, 3.8) is 0 Å². The molecule has 1 N–H and O–H groups in total. The molecule has 0 unspecified atom stereocenters. The summed E-state index contributed by atoms with van der Waals surface area (Å²) in [4.78, 5) is 12.7. The van der Waals surface area contributed by atoms with Gasteiger partial charge in [0, 0.05) is 29.8 Å². The smallest absolute Gasteiger partial charge is 0.407 e. The Bertz CT molecular complexity index is 1080. The van der Waals surface area contributed by atoms with Crippen LogP contribution in [0.2, 0.25) is 5.02 Å². The molecule has 0 saturated carbocycles. The topological polar surface area (TPSA) is 93.4 Å². The second-order valence-electron chi connectivity index (χ2n) is 7.08. The summed E-state index contributed by atoms with van der Waals surface area (Å²) in [6.45, 7) is 6.61. The fourth-order valence-corrected chi connectivity index (χ4v) is 4.33. The average molecular weight is 434 g/mol. The molecule has 0 atom stereocenters. The molecular weight excluding hydrogens is 414 g/mol. The molecular formula is C19H20ClN5O3S. The number of fused-ring (bicyclic) bond motifs is 1. The molecule has 1 aromatic carbocycles. The number of aromatic nitrogens is 4. The number of nitrogens with zero attached hydrogens (tertiary/aromatic N) is 5. The minimum absolute atomic E-state index is 0.0392. The second kappa shape index (κ2) is 7.64. The van der Waals surface area contributed by atoms with Gasteiger partial charge in [0.05, 0.1) is 23.4 Å². The van der Waals surface area contributed by atoms with Gasteiger partial charge in [-0.3, -0.25) is 0 Å². The second-order valence-corrected chi connectivity index (χ2v) is 8.44. The number of halogens is 1. The molecule has 0 saturated heterocycles. The summed E-state index contributed by atoms with van der Waals surface area (Å²) in [5.74, 6) is 0.633. The molecule has 1 aliphatic rings. The Hall–Kier alpha value is -2.65. The Morgan fingerprint density at radius 3 is 2.83 bits per heavy atom. The van der Waals surface area contributed by atoms with E-state index < -0.39 is 6.09 Å². The molecule has 0 aliphatic carbocycles. The van der Waals surface area contributed by atoms with E-state index in [-0.39, 0.29) is 6.10 Å². The van der Waals surface area contributed by atoms with Gasteiger partial charge in [0.2, 0.25) is 5.13 Å². The van der Waals surface area contributed by atoms with Gasteiger partial charge in [-0.15, -0.1) is 10.2 Å². The van der Waals surface area contributed by atoms with Crippen molar-refractivity contribution in [1.29, 1.82) is 0 Å². The standard InChI is InChI=1S/C19H20ClN5O3S/c1-10(2)28-16-5-4-12(8-14(16)20)17-21-22-18(29-17)25-11(3)13-9-24(19(26)27)7-6-15(13)23-25/h4-5,8,10H,6-7,9H2,1-3H3,(H,26,27). The fraction of sp³-hybridized carbons (Fsp3) is 0.368. The largest absolute Gasteiger partial charge is 0.489 e. The third-order valence-corrected chi connectivity index (χ3v) is 5.94. The van der Waals surface area contributed by atoms with Crippen molar-refractivity contribution in [3.8, 4) is 21.5 Å². The number of carboxylic acid groups (broad SMARTS) is 1. The monoisotopic (exact) mass is 433 g/mol. The maximum absolute atomic E-state index is 11.3. The minimum Gasteiger partial charge on any atom is -0.489 e. The number of hydrogen-bond acceptors (Lipinski definition) is 6. The number of rotatable bonds is 4. The van der Waals surface area contributed by atoms with E-state index in [1.165, 1.54) is 16.2 Å². The number of hydrogen-bond donors (Lipinski definition) is 1. The van der Waals surface area contributed by atoms with Crippen LogP contribution in [0.1, 0.15) is 30.8 Å². The van der Waals surface area contributed by atoms with Gasteiger partial charge in [0.15, 0.2) is 0 Å². The van der Waals surface area contributed by atoms with Crippen LogP contribution in [-0.4, -0.2) is 48.7 Å². The molecule has 152 valence electrons. The predicted molar refractivity (Wildman–Crippen MR) is 110 cm³/mol. The number of ether oxygens (including phenoxy) is 1. The van der Waals surface area contributed by atoms with Gasteiger partial charge in [-0.25, -0.2) is 9.48 Å². The van der Waals surface area contributed by atoms with Crippen LogP contribution in [0.15, 0.2) is 18.2 Å². The van der Waals surface area contributed by atoms with Crippen LogP contribution in [-0.2, 0) is 13.0 Å². The lowest BCUT2D eigenvalue weighted by Crippen LogP contribution is -2.34. The first kappa shape index (κ1) is 19.7. The van der Waals surface area contributed by atoms with Gasteiger partial charge in [-0.1, -0.05) is 22.9 Å². The number of benzene rings is 1. The predicted octanol–water partition coefficient (Wildman–Crippen LogP) is 4.18. The van der Waals surface area contributed by atoms with E-state index in [1.54, 1.807) is 4.68 Å². The highest BCUT2D eigenvalue weighted by Crippen LogP contribution is 2.34. The van der Waals surface area contributed by atoms with Crippen molar-refractivity contribution in [2.45, 2.75) is 39.8 Å². The fourth-order valence-electron chi connectivity index (χ4n) is 3.26. The van der Waals surface area contributed by atoms with E-state index in [0.717, 1.165) is 27.5 Å². The lowest BCUT2D eigenvalue weighted by molar-refractivity contribution is 0.139. The van der Waals surface area contributed by atoms with E-state index in [9.17, 15) is 9.90 Å². The molecule has 10 heteroatoms. The van der Waals surface area contributed by atoms with E-state index in [2.05, 4.69) is 15.3 Å². The average Bonchev–Trinajstić information content (AvgIpc) is 3.28. The summed E-state index contributed by atoms with van der Waals surface area (Å²) in [6.07, 6.45) is -0.284. The minimum atomic E-state index is -0.914. The highest BCUT2D eigenvalue weighted by molar-refractivity contribution is 7.17. The molecule has 0 spiro atoms. The highest BCUT2D eigenvalue weighted by Gasteiger charge is 2.26. The lowest BCUT2D eigenvalue weighted by Gasteiger charge is -2.23. The Kier molecular flexibility index (Phi) is 5.18. The molecule has 0 radical (unpaired) electrons. The van der Waals surface area contributed by atoms with Crippen molar-refractivity contribution in [2.24, 2.45) is 0 Å². The van der Waals surface area contributed by atoms with Crippen molar-refractivity contribution >= 4 is 29.0 Å². The molecule has 1 aliphatic heterocycles.